The van der Waals surface area contributed by atoms with Gasteiger partial charge in [0.05, 0.1) is 12.2 Å². The Hall–Kier alpha value is -2.10. The highest BCUT2D eigenvalue weighted by molar-refractivity contribution is 5.84. The summed E-state index contributed by atoms with van der Waals surface area (Å²) in [4.78, 5) is 13.6. The Balaban J connectivity index is 1.80. The molecule has 1 aliphatic rings. The molecule has 1 aromatic carbocycles. The van der Waals surface area contributed by atoms with Crippen LogP contribution in [0.1, 0.15) is 12.8 Å². The number of aromatic nitrogens is 2. The number of carbonyl (C=O) groups is 1. The molecule has 0 saturated carbocycles. The molecule has 0 unspecified atom stereocenters. The van der Waals surface area contributed by atoms with Crippen molar-refractivity contribution in [3.8, 4) is 5.69 Å². The predicted molar refractivity (Wildman–Crippen MR) is 70.0 cm³/mol. The molecule has 4 heteroatoms. The van der Waals surface area contributed by atoms with E-state index in [2.05, 4.69) is 22.1 Å². The number of ketones is 1. The average molecular weight is 241 g/mol. The minimum atomic E-state index is 0.331. The van der Waals surface area contributed by atoms with E-state index in [9.17, 15) is 4.79 Å². The van der Waals surface area contributed by atoms with Crippen LogP contribution in [-0.2, 0) is 4.79 Å². The molecular weight excluding hydrogens is 226 g/mol. The molecule has 0 N–H and O–H groups in total. The fraction of sp³-hybridized carbons (Fsp3) is 0.286. The van der Waals surface area contributed by atoms with Gasteiger partial charge >= 0.3 is 0 Å². The molecule has 2 aromatic rings. The lowest BCUT2D eigenvalue weighted by atomic mass is 10.1. The number of hydrogen-bond donors (Lipinski definition) is 0. The van der Waals surface area contributed by atoms with E-state index in [1.165, 1.54) is 0 Å². The van der Waals surface area contributed by atoms with Crippen molar-refractivity contribution in [1.29, 1.82) is 0 Å². The van der Waals surface area contributed by atoms with Crippen LogP contribution in [-0.4, -0.2) is 28.7 Å². The molecule has 1 fully saturated rings. The van der Waals surface area contributed by atoms with Crippen molar-refractivity contribution in [1.82, 2.24) is 9.78 Å². The van der Waals surface area contributed by atoms with Gasteiger partial charge in [-0.3, -0.25) is 4.79 Å². The topological polar surface area (TPSA) is 38.1 Å². The van der Waals surface area contributed by atoms with Crippen LogP contribution in [0.2, 0.25) is 0 Å². The largest absolute Gasteiger partial charge is 0.364 e. The lowest BCUT2D eigenvalue weighted by Gasteiger charge is -2.27. The third-order valence-electron chi connectivity index (χ3n) is 3.23. The second-order valence-electron chi connectivity index (χ2n) is 4.53. The molecular formula is C14H15N3O. The highest BCUT2D eigenvalue weighted by Gasteiger charge is 2.16. The van der Waals surface area contributed by atoms with Crippen LogP contribution in [0, 0.1) is 0 Å². The second kappa shape index (κ2) is 4.64. The molecule has 0 radical (unpaired) electrons. The number of piperidine rings is 1. The van der Waals surface area contributed by atoms with Gasteiger partial charge < -0.3 is 4.90 Å². The first-order chi connectivity index (χ1) is 8.83. The summed E-state index contributed by atoms with van der Waals surface area (Å²) in [5, 5.41) is 4.19. The highest BCUT2D eigenvalue weighted by atomic mass is 16.1. The van der Waals surface area contributed by atoms with E-state index in [-0.39, 0.29) is 0 Å². The number of rotatable bonds is 2. The normalized spacial score (nSPS) is 16.0. The Bertz CT molecular complexity index is 531. The summed E-state index contributed by atoms with van der Waals surface area (Å²) in [5.74, 6) is 0.331. The van der Waals surface area contributed by atoms with Gasteiger partial charge in [0.1, 0.15) is 0 Å². The maximum Gasteiger partial charge on any atom is 0.152 e. The number of hydrogen-bond acceptors (Lipinski definition) is 3. The number of anilines is 1. The monoisotopic (exact) mass is 241 g/mol. The van der Waals surface area contributed by atoms with E-state index >= 15 is 0 Å². The van der Waals surface area contributed by atoms with Crippen molar-refractivity contribution >= 4 is 11.5 Å². The molecule has 0 bridgehead atoms. The molecule has 0 atom stereocenters. The lowest BCUT2D eigenvalue weighted by Crippen LogP contribution is -2.35. The SMILES string of the molecule is O=C1CCCN(c2ccc(-n3cccn3)cc2)C1. The standard InChI is InChI=1S/C14H15N3O/c18-14-3-1-9-16(11-14)12-4-6-13(7-5-12)17-10-2-8-15-17/h2,4-8,10H,1,3,9,11H2. The van der Waals surface area contributed by atoms with Crippen molar-refractivity contribution in [3.63, 3.8) is 0 Å². The van der Waals surface area contributed by atoms with E-state index in [1.807, 2.05) is 29.1 Å². The molecule has 1 saturated heterocycles. The molecule has 0 spiro atoms. The van der Waals surface area contributed by atoms with Crippen LogP contribution >= 0.6 is 0 Å². The predicted octanol–water partition coefficient (Wildman–Crippen LogP) is 2.04. The first-order valence-corrected chi connectivity index (χ1v) is 6.20. The molecule has 4 nitrogen and oxygen atoms in total. The fourth-order valence-electron chi connectivity index (χ4n) is 2.30. The van der Waals surface area contributed by atoms with E-state index in [0.29, 0.717) is 12.3 Å². The molecule has 92 valence electrons. The highest BCUT2D eigenvalue weighted by Crippen LogP contribution is 2.20. The first-order valence-electron chi connectivity index (χ1n) is 6.20. The third kappa shape index (κ3) is 2.14. The zero-order chi connectivity index (χ0) is 12.4. The van der Waals surface area contributed by atoms with E-state index < -0.39 is 0 Å². The van der Waals surface area contributed by atoms with Crippen molar-refractivity contribution in [2.45, 2.75) is 12.8 Å². The fourth-order valence-corrected chi connectivity index (χ4v) is 2.30. The Morgan fingerprint density at radius 3 is 2.56 bits per heavy atom. The zero-order valence-electron chi connectivity index (χ0n) is 10.1. The smallest absolute Gasteiger partial charge is 0.152 e. The summed E-state index contributed by atoms with van der Waals surface area (Å²) in [7, 11) is 0. The Morgan fingerprint density at radius 2 is 1.89 bits per heavy atom. The molecule has 18 heavy (non-hydrogen) atoms. The van der Waals surface area contributed by atoms with Gasteiger partial charge in [-0.2, -0.15) is 5.10 Å². The summed E-state index contributed by atoms with van der Waals surface area (Å²) in [6, 6.07) is 10.1. The van der Waals surface area contributed by atoms with Gasteiger partial charge in [-0.25, -0.2) is 4.68 Å². The summed E-state index contributed by atoms with van der Waals surface area (Å²) >= 11 is 0. The number of carbonyl (C=O) groups excluding carboxylic acids is 1. The number of Topliss-reactive ketones (excluding diaryl/α,β-unsaturated/α-hetero) is 1. The van der Waals surface area contributed by atoms with Gasteiger partial charge in [0.2, 0.25) is 0 Å². The van der Waals surface area contributed by atoms with Crippen molar-refractivity contribution in [3.05, 3.63) is 42.7 Å². The summed E-state index contributed by atoms with van der Waals surface area (Å²) in [6.07, 6.45) is 5.36. The maximum atomic E-state index is 11.4. The molecule has 1 aliphatic heterocycles. The van der Waals surface area contributed by atoms with Gasteiger partial charge in [0, 0.05) is 31.0 Å². The average Bonchev–Trinajstić information content (AvgIpc) is 2.93. The van der Waals surface area contributed by atoms with Gasteiger partial charge in [-0.05, 0) is 36.8 Å². The van der Waals surface area contributed by atoms with Gasteiger partial charge in [0.15, 0.2) is 5.78 Å². The molecule has 0 aliphatic carbocycles. The molecule has 0 amide bonds. The van der Waals surface area contributed by atoms with Crippen LogP contribution < -0.4 is 4.90 Å². The van der Waals surface area contributed by atoms with E-state index in [1.54, 1.807) is 6.20 Å². The minimum Gasteiger partial charge on any atom is -0.364 e. The maximum absolute atomic E-state index is 11.4. The number of benzene rings is 1. The van der Waals surface area contributed by atoms with Crippen LogP contribution in [0.3, 0.4) is 0 Å². The molecule has 3 rings (SSSR count). The Labute approximate surface area is 106 Å². The van der Waals surface area contributed by atoms with Crippen LogP contribution in [0.4, 0.5) is 5.69 Å². The quantitative estimate of drug-likeness (QED) is 0.807. The van der Waals surface area contributed by atoms with Crippen molar-refractivity contribution in [2.24, 2.45) is 0 Å². The summed E-state index contributed by atoms with van der Waals surface area (Å²) < 4.78 is 1.82. The van der Waals surface area contributed by atoms with Crippen LogP contribution in [0.25, 0.3) is 5.69 Å². The third-order valence-corrected chi connectivity index (χ3v) is 3.23. The first kappa shape index (κ1) is 11.0. The molecule has 2 heterocycles. The lowest BCUT2D eigenvalue weighted by molar-refractivity contribution is -0.118. The Kier molecular flexibility index (Phi) is 2.84. The van der Waals surface area contributed by atoms with Crippen molar-refractivity contribution < 1.29 is 4.79 Å². The number of nitrogens with zero attached hydrogens (tertiary/aromatic N) is 3. The Morgan fingerprint density at radius 1 is 1.11 bits per heavy atom. The van der Waals surface area contributed by atoms with Gasteiger partial charge in [-0.15, -0.1) is 0 Å². The zero-order valence-corrected chi connectivity index (χ0v) is 10.1. The summed E-state index contributed by atoms with van der Waals surface area (Å²) in [6.45, 7) is 1.51. The minimum absolute atomic E-state index is 0.331. The van der Waals surface area contributed by atoms with Gasteiger partial charge in [-0.1, -0.05) is 0 Å². The van der Waals surface area contributed by atoms with E-state index in [0.717, 1.165) is 30.8 Å². The van der Waals surface area contributed by atoms with Crippen LogP contribution in [0.5, 0.6) is 0 Å². The van der Waals surface area contributed by atoms with Crippen molar-refractivity contribution in [2.75, 3.05) is 18.0 Å². The van der Waals surface area contributed by atoms with Gasteiger partial charge in [0.25, 0.3) is 0 Å². The van der Waals surface area contributed by atoms with Crippen LogP contribution in [0.15, 0.2) is 42.7 Å². The van der Waals surface area contributed by atoms with E-state index in [4.69, 9.17) is 0 Å². The summed E-state index contributed by atoms with van der Waals surface area (Å²) in [5.41, 5.74) is 2.14. The molecule has 1 aromatic heterocycles. The second-order valence-corrected chi connectivity index (χ2v) is 4.53.